The van der Waals surface area contributed by atoms with Gasteiger partial charge in [0.1, 0.15) is 13.2 Å². The largest absolute Gasteiger partial charge is 0.486 e. The van der Waals surface area contributed by atoms with E-state index in [-0.39, 0.29) is 23.4 Å². The number of ether oxygens (including phenoxy) is 2. The molecular weight excluding hydrogens is 356 g/mol. The van der Waals surface area contributed by atoms with Gasteiger partial charge in [-0.1, -0.05) is 6.92 Å². The molecule has 1 atom stereocenters. The highest BCUT2D eigenvalue weighted by Crippen LogP contribution is 2.33. The molecule has 0 bridgehead atoms. The Balaban J connectivity index is 1.73. The maximum atomic E-state index is 12.8. The van der Waals surface area contributed by atoms with Crippen LogP contribution < -0.4 is 9.47 Å². The molecule has 0 aliphatic carbocycles. The minimum atomic E-state index is -3.78. The summed E-state index contributed by atoms with van der Waals surface area (Å²) in [5.74, 6) is 0.812. The Labute approximate surface area is 154 Å². The minimum absolute atomic E-state index is 0.0998. The van der Waals surface area contributed by atoms with Gasteiger partial charge in [-0.15, -0.1) is 0 Å². The number of hydrogen-bond acceptors (Lipinski definition) is 5. The summed E-state index contributed by atoms with van der Waals surface area (Å²) in [6, 6.07) is 4.75. The predicted molar refractivity (Wildman–Crippen MR) is 96.9 cm³/mol. The number of likely N-dealkylation sites (N-methyl/N-ethyl adjacent to an activating group) is 1. The van der Waals surface area contributed by atoms with Gasteiger partial charge < -0.3 is 14.4 Å². The molecule has 144 valence electrons. The first-order chi connectivity index (χ1) is 12.4. The van der Waals surface area contributed by atoms with E-state index in [2.05, 4.69) is 6.92 Å². The predicted octanol–water partition coefficient (Wildman–Crippen LogP) is 1.87. The number of likely N-dealkylation sites (tertiary alicyclic amines) is 1. The lowest BCUT2D eigenvalue weighted by Crippen LogP contribution is -2.48. The van der Waals surface area contributed by atoms with E-state index in [0.29, 0.717) is 31.3 Å². The molecular formula is C18H26N2O5S. The maximum Gasteiger partial charge on any atom is 0.243 e. The molecule has 8 heteroatoms. The van der Waals surface area contributed by atoms with Gasteiger partial charge in [0.25, 0.3) is 0 Å². The smallest absolute Gasteiger partial charge is 0.243 e. The fourth-order valence-electron chi connectivity index (χ4n) is 3.48. The van der Waals surface area contributed by atoms with E-state index in [1.54, 1.807) is 6.07 Å². The molecule has 0 spiro atoms. The molecule has 2 heterocycles. The quantitative estimate of drug-likeness (QED) is 0.777. The highest BCUT2D eigenvalue weighted by molar-refractivity contribution is 7.89. The highest BCUT2D eigenvalue weighted by atomic mass is 32.2. The van der Waals surface area contributed by atoms with Crippen molar-refractivity contribution in [3.8, 4) is 11.5 Å². The molecule has 0 unspecified atom stereocenters. The molecule has 1 aromatic rings. The molecule has 2 aliphatic heterocycles. The molecule has 0 saturated carbocycles. The van der Waals surface area contributed by atoms with Crippen molar-refractivity contribution in [3.63, 3.8) is 0 Å². The first kappa shape index (κ1) is 19.0. The maximum absolute atomic E-state index is 12.8. The Kier molecular flexibility index (Phi) is 5.72. The van der Waals surface area contributed by atoms with Crippen molar-refractivity contribution in [1.82, 2.24) is 9.21 Å². The molecule has 1 aromatic carbocycles. The lowest BCUT2D eigenvalue weighted by atomic mass is 10.00. The summed E-state index contributed by atoms with van der Waals surface area (Å²) in [6.07, 6.45) is 3.97. The van der Waals surface area contributed by atoms with Crippen LogP contribution in [0.2, 0.25) is 0 Å². The zero-order chi connectivity index (χ0) is 18.7. The van der Waals surface area contributed by atoms with E-state index < -0.39 is 10.0 Å². The molecule has 7 nitrogen and oxygen atoms in total. The van der Waals surface area contributed by atoms with Gasteiger partial charge in [-0.25, -0.2) is 8.42 Å². The van der Waals surface area contributed by atoms with Crippen molar-refractivity contribution < 1.29 is 22.7 Å². The van der Waals surface area contributed by atoms with Crippen molar-refractivity contribution in [2.75, 3.05) is 33.4 Å². The number of sulfonamides is 1. The Morgan fingerprint density at radius 1 is 1.23 bits per heavy atom. The zero-order valence-electron chi connectivity index (χ0n) is 15.3. The first-order valence-corrected chi connectivity index (χ1v) is 10.5. The molecule has 2 aliphatic rings. The van der Waals surface area contributed by atoms with E-state index in [1.165, 1.54) is 19.2 Å². The van der Waals surface area contributed by atoms with Gasteiger partial charge in [-0.3, -0.25) is 4.79 Å². The number of fused-ring (bicyclic) bond motifs is 1. The third-order valence-electron chi connectivity index (χ3n) is 5.00. The third kappa shape index (κ3) is 3.81. The third-order valence-corrected chi connectivity index (χ3v) is 6.80. The number of amides is 1. The molecule has 1 amide bonds. The molecule has 0 aromatic heterocycles. The number of nitrogens with zero attached hydrogens (tertiary/aromatic N) is 2. The Hall–Kier alpha value is -1.80. The second-order valence-corrected chi connectivity index (χ2v) is 8.76. The van der Waals surface area contributed by atoms with Crippen LogP contribution in [0.4, 0.5) is 0 Å². The molecule has 1 fully saturated rings. The van der Waals surface area contributed by atoms with E-state index in [1.807, 2.05) is 4.90 Å². The standard InChI is InChI=1S/C18H26N2O5S/c1-3-14-6-4-5-9-20(14)18(21)13-19(2)26(22,23)15-7-8-16-17(12-15)25-11-10-24-16/h7-8,12,14H,3-6,9-11,13H2,1-2H3/t14-/m1/s1. The molecule has 3 rings (SSSR count). The summed E-state index contributed by atoms with van der Waals surface area (Å²) in [4.78, 5) is 14.6. The summed E-state index contributed by atoms with van der Waals surface area (Å²) < 4.78 is 37.7. The fourth-order valence-corrected chi connectivity index (χ4v) is 4.62. The van der Waals surface area contributed by atoms with Crippen LogP contribution in [-0.4, -0.2) is 62.9 Å². The van der Waals surface area contributed by atoms with Gasteiger partial charge in [0.2, 0.25) is 15.9 Å². The SMILES string of the molecule is CC[C@@H]1CCCCN1C(=O)CN(C)S(=O)(=O)c1ccc2c(c1)OCCO2. The van der Waals surface area contributed by atoms with Crippen LogP contribution in [0.1, 0.15) is 32.6 Å². The number of rotatable bonds is 5. The lowest BCUT2D eigenvalue weighted by Gasteiger charge is -2.36. The van der Waals surface area contributed by atoms with Crippen molar-refractivity contribution >= 4 is 15.9 Å². The highest BCUT2D eigenvalue weighted by Gasteiger charge is 2.30. The molecule has 1 saturated heterocycles. The zero-order valence-corrected chi connectivity index (χ0v) is 16.1. The van der Waals surface area contributed by atoms with Crippen molar-refractivity contribution in [2.24, 2.45) is 0 Å². The van der Waals surface area contributed by atoms with Gasteiger partial charge in [0.05, 0.1) is 11.4 Å². The van der Waals surface area contributed by atoms with Gasteiger partial charge in [-0.05, 0) is 37.8 Å². The minimum Gasteiger partial charge on any atom is -0.486 e. The topological polar surface area (TPSA) is 76.2 Å². The molecule has 0 N–H and O–H groups in total. The summed E-state index contributed by atoms with van der Waals surface area (Å²) in [7, 11) is -2.34. The number of piperidine rings is 1. The Morgan fingerprint density at radius 2 is 1.96 bits per heavy atom. The number of hydrogen-bond donors (Lipinski definition) is 0. The summed E-state index contributed by atoms with van der Waals surface area (Å²) in [6.45, 7) is 3.44. The van der Waals surface area contributed by atoms with Crippen LogP contribution in [0, 0.1) is 0 Å². The Morgan fingerprint density at radius 3 is 2.69 bits per heavy atom. The van der Waals surface area contributed by atoms with Crippen LogP contribution in [0.5, 0.6) is 11.5 Å². The fraction of sp³-hybridized carbons (Fsp3) is 0.611. The van der Waals surface area contributed by atoms with Crippen LogP contribution in [0.15, 0.2) is 23.1 Å². The number of benzene rings is 1. The first-order valence-electron chi connectivity index (χ1n) is 9.09. The average Bonchev–Trinajstić information content (AvgIpc) is 2.67. The van der Waals surface area contributed by atoms with Crippen molar-refractivity contribution in [3.05, 3.63) is 18.2 Å². The lowest BCUT2D eigenvalue weighted by molar-refractivity contribution is -0.134. The summed E-state index contributed by atoms with van der Waals surface area (Å²) in [5.41, 5.74) is 0. The van der Waals surface area contributed by atoms with Crippen LogP contribution in [0.25, 0.3) is 0 Å². The molecule has 0 radical (unpaired) electrons. The van der Waals surface area contributed by atoms with Crippen LogP contribution in [-0.2, 0) is 14.8 Å². The van der Waals surface area contributed by atoms with Gasteiger partial charge in [0.15, 0.2) is 11.5 Å². The van der Waals surface area contributed by atoms with E-state index in [4.69, 9.17) is 9.47 Å². The van der Waals surface area contributed by atoms with Gasteiger partial charge in [-0.2, -0.15) is 4.31 Å². The number of carbonyl (C=O) groups excluding carboxylic acids is 1. The Bertz CT molecular complexity index is 765. The normalized spacial score (nSPS) is 20.3. The van der Waals surface area contributed by atoms with Crippen LogP contribution >= 0.6 is 0 Å². The van der Waals surface area contributed by atoms with Crippen molar-refractivity contribution in [1.29, 1.82) is 0 Å². The van der Waals surface area contributed by atoms with Gasteiger partial charge in [0, 0.05) is 25.7 Å². The number of carbonyl (C=O) groups is 1. The van der Waals surface area contributed by atoms with E-state index in [9.17, 15) is 13.2 Å². The van der Waals surface area contributed by atoms with E-state index >= 15 is 0 Å². The van der Waals surface area contributed by atoms with Crippen LogP contribution in [0.3, 0.4) is 0 Å². The average molecular weight is 382 g/mol. The van der Waals surface area contributed by atoms with Gasteiger partial charge >= 0.3 is 0 Å². The molecule has 26 heavy (non-hydrogen) atoms. The summed E-state index contributed by atoms with van der Waals surface area (Å²) >= 11 is 0. The second-order valence-electron chi connectivity index (χ2n) is 6.71. The summed E-state index contributed by atoms with van der Waals surface area (Å²) in [5, 5.41) is 0. The second kappa shape index (κ2) is 7.84. The van der Waals surface area contributed by atoms with E-state index in [0.717, 1.165) is 30.0 Å². The monoisotopic (exact) mass is 382 g/mol. The van der Waals surface area contributed by atoms with Crippen molar-refractivity contribution in [2.45, 2.75) is 43.5 Å².